The Hall–Kier alpha value is -17.3. The number of hydrogen-bond acceptors (Lipinski definition) is 14. The van der Waals surface area contributed by atoms with Gasteiger partial charge >= 0.3 is 6.18 Å². The van der Waals surface area contributed by atoms with Gasteiger partial charge in [-0.3, -0.25) is 0 Å². The van der Waals surface area contributed by atoms with Crippen LogP contribution in [0, 0.1) is 22.7 Å². The molecular formula is C105H61F3N16. The third kappa shape index (κ3) is 14.0. The number of nitrogens with zero attached hydrogens (tertiary/aromatic N) is 16. The van der Waals surface area contributed by atoms with Crippen LogP contribution in [-0.2, 0) is 6.18 Å². The van der Waals surface area contributed by atoms with E-state index in [1.807, 2.05) is 315 Å². The number of fused-ring (bicyclic) bond motifs is 6. The van der Waals surface area contributed by atoms with Crippen LogP contribution in [0.4, 0.5) is 13.2 Å². The molecule has 0 N–H and O–H groups in total. The molecule has 0 aliphatic rings. The highest BCUT2D eigenvalue weighted by Crippen LogP contribution is 2.48. The largest absolute Gasteiger partial charge is 0.417 e. The molecule has 0 spiro atoms. The van der Waals surface area contributed by atoms with Crippen molar-refractivity contribution >= 4 is 43.6 Å². The summed E-state index contributed by atoms with van der Waals surface area (Å²) < 4.78 is 52.1. The van der Waals surface area contributed by atoms with Gasteiger partial charge in [-0.05, 0) is 120 Å². The van der Waals surface area contributed by atoms with Gasteiger partial charge in [0, 0.05) is 99.4 Å². The van der Waals surface area contributed by atoms with Crippen LogP contribution in [0.2, 0.25) is 0 Å². The zero-order valence-corrected chi connectivity index (χ0v) is 65.5. The first-order valence-corrected chi connectivity index (χ1v) is 39.9. The van der Waals surface area contributed by atoms with Gasteiger partial charge in [0.15, 0.2) is 69.9 Å². The minimum absolute atomic E-state index is 0.161. The number of aromatic nitrogens is 14. The first kappa shape index (κ1) is 74.3. The Kier molecular flexibility index (Phi) is 18.7. The van der Waals surface area contributed by atoms with Gasteiger partial charge in [-0.1, -0.05) is 261 Å². The smallest absolute Gasteiger partial charge is 0.309 e. The molecule has 21 aromatic rings. The summed E-state index contributed by atoms with van der Waals surface area (Å²) in [5, 5.41) is 24.5. The lowest BCUT2D eigenvalue weighted by Crippen LogP contribution is -2.08. The Bertz CT molecular complexity index is 7240. The molecule has 0 saturated carbocycles. The molecule has 0 radical (unpaired) electrons. The SMILES string of the molecule is N#Cc1ccc(-c2cc(-c3ccc(C#N)cc3C(F)(F)F)ccc2-n2c3ccc(-c4nc(-c5ccccc5)nc(-c5ccccc5)n4)cc3c3cc(-c4nc(-c5ccccc5)nc(-c5ccccc5)n4)ccc32)c(-n2c3ccc(-c4nc(-c5ccccc5)nc(-c5ccccc5)n4)cc3c3cc(-c4nc(-c5ccccc5)nc(-c5ccccc5)n4)ccc32)c1. The Morgan fingerprint density at radius 3 is 0.694 bits per heavy atom. The number of benzene rings is 15. The fourth-order valence-electron chi connectivity index (χ4n) is 16.1. The average Bonchev–Trinajstić information content (AvgIpc) is 1.56. The Balaban J connectivity index is 0.838. The molecule has 19 heteroatoms. The van der Waals surface area contributed by atoms with E-state index < -0.39 is 11.7 Å². The molecule has 0 bridgehead atoms. The quantitative estimate of drug-likeness (QED) is 0.0881. The van der Waals surface area contributed by atoms with Crippen molar-refractivity contribution in [3.63, 3.8) is 0 Å². The molecule has 6 heterocycles. The molecular weight excluding hydrogens is 1540 g/mol. The Labute approximate surface area is 707 Å². The van der Waals surface area contributed by atoms with Crippen molar-refractivity contribution in [2.45, 2.75) is 6.18 Å². The van der Waals surface area contributed by atoms with Crippen molar-refractivity contribution in [3.05, 3.63) is 387 Å². The predicted molar refractivity (Wildman–Crippen MR) is 479 cm³/mol. The van der Waals surface area contributed by atoms with Crippen molar-refractivity contribution in [1.29, 1.82) is 10.5 Å². The summed E-state index contributed by atoms with van der Waals surface area (Å²) in [4.78, 5) is 61.9. The maximum atomic E-state index is 16.0. The fraction of sp³-hybridized carbons (Fsp3) is 0.00952. The van der Waals surface area contributed by atoms with Crippen LogP contribution in [0.3, 0.4) is 0 Å². The molecule has 0 unspecified atom stereocenters. The zero-order valence-electron chi connectivity index (χ0n) is 65.5. The van der Waals surface area contributed by atoms with Crippen molar-refractivity contribution in [3.8, 4) is 182 Å². The zero-order chi connectivity index (χ0) is 83.4. The van der Waals surface area contributed by atoms with Crippen LogP contribution in [0.25, 0.3) is 214 Å². The number of hydrogen-bond donors (Lipinski definition) is 0. The third-order valence-electron chi connectivity index (χ3n) is 22.0. The van der Waals surface area contributed by atoms with E-state index in [1.165, 1.54) is 12.1 Å². The van der Waals surface area contributed by atoms with Gasteiger partial charge in [-0.2, -0.15) is 23.7 Å². The van der Waals surface area contributed by atoms with E-state index in [0.717, 1.165) is 72.1 Å². The second-order valence-electron chi connectivity index (χ2n) is 29.7. The number of halogens is 3. The third-order valence-corrected chi connectivity index (χ3v) is 22.0. The molecule has 0 aliphatic carbocycles. The summed E-state index contributed by atoms with van der Waals surface area (Å²) in [5.74, 6) is 5.30. The number of rotatable bonds is 16. The number of alkyl halides is 3. The lowest BCUT2D eigenvalue weighted by molar-refractivity contribution is -0.137. The minimum Gasteiger partial charge on any atom is -0.309 e. The average molecular weight is 1600 g/mol. The van der Waals surface area contributed by atoms with Gasteiger partial charge in [0.25, 0.3) is 0 Å². The molecule has 15 aromatic carbocycles. The summed E-state index contributed by atoms with van der Waals surface area (Å²) in [5.41, 5.74) is 12.8. The van der Waals surface area contributed by atoms with Crippen LogP contribution in [0.1, 0.15) is 16.7 Å². The molecule has 16 nitrogen and oxygen atoms in total. The van der Waals surface area contributed by atoms with Gasteiger partial charge in [-0.15, -0.1) is 0 Å². The van der Waals surface area contributed by atoms with Gasteiger partial charge in [0.2, 0.25) is 0 Å². The highest BCUT2D eigenvalue weighted by molar-refractivity contribution is 6.14. The Morgan fingerprint density at radius 2 is 0.435 bits per heavy atom. The summed E-state index contributed by atoms with van der Waals surface area (Å²) in [6.45, 7) is 0. The molecule has 21 rings (SSSR count). The minimum atomic E-state index is -4.91. The van der Waals surface area contributed by atoms with Crippen molar-refractivity contribution in [2.24, 2.45) is 0 Å². The molecule has 582 valence electrons. The van der Waals surface area contributed by atoms with E-state index in [9.17, 15) is 10.5 Å². The van der Waals surface area contributed by atoms with E-state index in [4.69, 9.17) is 59.8 Å². The Morgan fingerprint density at radius 1 is 0.202 bits per heavy atom. The molecule has 124 heavy (non-hydrogen) atoms. The van der Waals surface area contributed by atoms with Crippen LogP contribution >= 0.6 is 0 Å². The van der Waals surface area contributed by atoms with Gasteiger partial charge in [0.05, 0.1) is 62.3 Å². The topological polar surface area (TPSA) is 212 Å². The fourth-order valence-corrected chi connectivity index (χ4v) is 16.1. The molecule has 0 atom stereocenters. The van der Waals surface area contributed by atoms with Crippen LogP contribution in [0.15, 0.2) is 370 Å². The standard InChI is InChI=1S/C105H61F3N16/c106-105(107,108)86-55-64(62-109)41-48-79(86)74-43-50-87(123-88-51-44-75(101-115-93(66-25-9-1-10-26-66)111-94(116-101)67-27-11-2-12-28-67)58-82(88)83-59-76(45-52-89(83)123)102-117-95(68-29-13-3-14-30-68)112-96(118-102)69-31-15-4-16-32-69)81(57-74)80-49-42-65(63-110)56-92(80)124-90-53-46-77(103-119-97(70-33-17-5-18-34-70)113-98(120-103)71-35-19-6-20-36-71)60-84(90)85-61-78(47-54-91(85)124)104-121-99(72-37-21-7-22-38-72)114-100(122-104)73-39-23-8-24-40-73/h1-61H. The van der Waals surface area contributed by atoms with Crippen LogP contribution < -0.4 is 0 Å². The summed E-state index contributed by atoms with van der Waals surface area (Å²) in [6, 6.07) is 121. The second-order valence-corrected chi connectivity index (χ2v) is 29.7. The summed E-state index contributed by atoms with van der Waals surface area (Å²) >= 11 is 0. The molecule has 0 saturated heterocycles. The summed E-state index contributed by atoms with van der Waals surface area (Å²) in [7, 11) is 0. The molecule has 0 fully saturated rings. The van der Waals surface area contributed by atoms with Crippen molar-refractivity contribution in [2.75, 3.05) is 0 Å². The maximum Gasteiger partial charge on any atom is 0.417 e. The van der Waals surface area contributed by atoms with E-state index in [2.05, 4.69) is 39.5 Å². The number of nitriles is 2. The maximum absolute atomic E-state index is 16.0. The van der Waals surface area contributed by atoms with Crippen LogP contribution in [-0.4, -0.2) is 68.9 Å². The summed E-state index contributed by atoms with van der Waals surface area (Å²) in [6.07, 6.45) is -4.91. The first-order valence-electron chi connectivity index (χ1n) is 39.9. The van der Waals surface area contributed by atoms with Crippen molar-refractivity contribution < 1.29 is 13.2 Å². The first-order chi connectivity index (χ1) is 60.9. The molecule has 0 amide bonds. The van der Waals surface area contributed by atoms with E-state index in [0.29, 0.717) is 137 Å². The van der Waals surface area contributed by atoms with Crippen LogP contribution in [0.5, 0.6) is 0 Å². The highest BCUT2D eigenvalue weighted by Gasteiger charge is 2.35. The van der Waals surface area contributed by atoms with E-state index in [1.54, 1.807) is 18.2 Å². The molecule has 0 aliphatic heterocycles. The van der Waals surface area contributed by atoms with Gasteiger partial charge in [0.1, 0.15) is 0 Å². The lowest BCUT2D eigenvalue weighted by Gasteiger charge is -2.21. The van der Waals surface area contributed by atoms with E-state index in [-0.39, 0.29) is 22.3 Å². The van der Waals surface area contributed by atoms with E-state index >= 15 is 13.2 Å². The van der Waals surface area contributed by atoms with Gasteiger partial charge < -0.3 is 9.13 Å². The highest BCUT2D eigenvalue weighted by atomic mass is 19.4. The lowest BCUT2D eigenvalue weighted by atomic mass is 9.92. The second kappa shape index (κ2) is 31.2. The van der Waals surface area contributed by atoms with Crippen molar-refractivity contribution in [1.82, 2.24) is 68.9 Å². The normalized spacial score (nSPS) is 11.5. The van der Waals surface area contributed by atoms with Gasteiger partial charge in [-0.25, -0.2) is 59.8 Å². The molecule has 6 aromatic heterocycles. The monoisotopic (exact) mass is 1600 g/mol. The predicted octanol–water partition coefficient (Wildman–Crippen LogP) is 24.7.